The molecule has 2 aromatic carbocycles. The normalized spacial score (nSPS) is 12.2. The van der Waals surface area contributed by atoms with E-state index >= 15 is 0 Å². The molecule has 2 N–H and O–H groups in total. The summed E-state index contributed by atoms with van der Waals surface area (Å²) in [6, 6.07) is 9.70. The highest BCUT2D eigenvalue weighted by Gasteiger charge is 2.23. The third-order valence-corrected chi connectivity index (χ3v) is 5.45. The lowest BCUT2D eigenvalue weighted by Crippen LogP contribution is -2.30. The highest BCUT2D eigenvalue weighted by molar-refractivity contribution is 7.89. The van der Waals surface area contributed by atoms with Crippen molar-refractivity contribution < 1.29 is 27.1 Å². The molecule has 2 aromatic rings. The lowest BCUT2D eigenvalue weighted by atomic mass is 10.2. The molecule has 0 saturated heterocycles. The van der Waals surface area contributed by atoms with Crippen molar-refractivity contribution in [3.63, 3.8) is 0 Å². The molecule has 1 unspecified atom stereocenters. The summed E-state index contributed by atoms with van der Waals surface area (Å²) >= 11 is 0. The van der Waals surface area contributed by atoms with Crippen LogP contribution in [0, 0.1) is 5.82 Å². The number of benzene rings is 2. The van der Waals surface area contributed by atoms with Gasteiger partial charge in [0, 0.05) is 25.5 Å². The largest absolute Gasteiger partial charge is 0.449 e. The summed E-state index contributed by atoms with van der Waals surface area (Å²) in [6.45, 7) is 1.33. The van der Waals surface area contributed by atoms with Gasteiger partial charge < -0.3 is 15.0 Å². The summed E-state index contributed by atoms with van der Waals surface area (Å²) in [4.78, 5) is 26.1. The molecule has 0 aliphatic heterocycles. The quantitative estimate of drug-likeness (QED) is 0.660. The topological polar surface area (TPSA) is 105 Å². The molecule has 0 aromatic heterocycles. The van der Waals surface area contributed by atoms with Gasteiger partial charge in [-0.25, -0.2) is 22.3 Å². The van der Waals surface area contributed by atoms with Crippen LogP contribution < -0.4 is 14.9 Å². The van der Waals surface area contributed by atoms with E-state index in [1.54, 1.807) is 24.3 Å². The van der Waals surface area contributed by atoms with Gasteiger partial charge in [0.25, 0.3) is 5.91 Å². The van der Waals surface area contributed by atoms with Crippen LogP contribution in [0.4, 0.5) is 15.8 Å². The second-order valence-electron chi connectivity index (χ2n) is 6.33. The number of rotatable bonds is 7. The van der Waals surface area contributed by atoms with Gasteiger partial charge in [-0.1, -0.05) is 0 Å². The minimum Gasteiger partial charge on any atom is -0.449 e. The molecule has 0 bridgehead atoms. The van der Waals surface area contributed by atoms with Crippen LogP contribution >= 0.6 is 0 Å². The molecule has 10 heteroatoms. The monoisotopic (exact) mass is 423 g/mol. The molecule has 0 fully saturated rings. The van der Waals surface area contributed by atoms with E-state index in [0.29, 0.717) is 5.69 Å². The first-order valence-corrected chi connectivity index (χ1v) is 10.1. The van der Waals surface area contributed by atoms with Gasteiger partial charge in [-0.05, 0) is 56.4 Å². The van der Waals surface area contributed by atoms with Crippen LogP contribution in [-0.4, -0.2) is 47.5 Å². The molecule has 0 heterocycles. The fourth-order valence-electron chi connectivity index (χ4n) is 2.31. The van der Waals surface area contributed by atoms with Crippen LogP contribution in [0.2, 0.25) is 0 Å². The van der Waals surface area contributed by atoms with Crippen molar-refractivity contribution in [1.82, 2.24) is 4.72 Å². The first kappa shape index (κ1) is 22.3. The Hall–Kier alpha value is -2.98. The second kappa shape index (κ2) is 9.01. The zero-order chi connectivity index (χ0) is 21.8. The van der Waals surface area contributed by atoms with Gasteiger partial charge in [0.15, 0.2) is 6.10 Å². The number of halogens is 1. The van der Waals surface area contributed by atoms with Crippen molar-refractivity contribution in [2.24, 2.45) is 0 Å². The van der Waals surface area contributed by atoms with Crippen molar-refractivity contribution in [1.29, 1.82) is 0 Å². The molecule has 0 saturated carbocycles. The van der Waals surface area contributed by atoms with Crippen LogP contribution in [0.15, 0.2) is 47.4 Å². The van der Waals surface area contributed by atoms with Gasteiger partial charge in [0.1, 0.15) is 5.82 Å². The van der Waals surface area contributed by atoms with E-state index in [-0.39, 0.29) is 4.90 Å². The zero-order valence-electron chi connectivity index (χ0n) is 16.4. The fraction of sp³-hybridized carbons (Fsp3) is 0.263. The molecule has 1 amide bonds. The van der Waals surface area contributed by atoms with Gasteiger partial charge in [-0.15, -0.1) is 0 Å². The van der Waals surface area contributed by atoms with E-state index < -0.39 is 39.4 Å². The zero-order valence-corrected chi connectivity index (χ0v) is 17.2. The predicted octanol–water partition coefficient (Wildman–Crippen LogP) is 1.98. The molecule has 0 spiro atoms. The minimum absolute atomic E-state index is 0.300. The third kappa shape index (κ3) is 5.52. The van der Waals surface area contributed by atoms with Gasteiger partial charge >= 0.3 is 5.97 Å². The van der Waals surface area contributed by atoms with Crippen molar-refractivity contribution in [2.75, 3.05) is 31.4 Å². The molecule has 1 atom stereocenters. The first-order valence-electron chi connectivity index (χ1n) is 8.57. The van der Waals surface area contributed by atoms with Gasteiger partial charge in [0.2, 0.25) is 10.0 Å². The number of amides is 1. The molecule has 2 rings (SSSR count). The number of carbonyl (C=O) groups excluding carboxylic acids is 2. The third-order valence-electron chi connectivity index (χ3n) is 4.04. The Morgan fingerprint density at radius 3 is 2.28 bits per heavy atom. The number of anilines is 2. The number of carbonyl (C=O) groups is 2. The van der Waals surface area contributed by atoms with E-state index in [2.05, 4.69) is 10.0 Å². The van der Waals surface area contributed by atoms with E-state index in [4.69, 9.17) is 4.74 Å². The Labute approximate surface area is 168 Å². The van der Waals surface area contributed by atoms with Crippen molar-refractivity contribution >= 4 is 33.3 Å². The summed E-state index contributed by atoms with van der Waals surface area (Å²) in [5, 5.41) is 2.59. The number of hydrogen-bond donors (Lipinski definition) is 2. The Kier molecular flexibility index (Phi) is 6.93. The average Bonchev–Trinajstić information content (AvgIpc) is 2.68. The standard InChI is InChI=1S/C19H22FN3O5S/c1-12(18(24)22-13-5-7-14(8-6-13)23(3)4)28-19(25)16-11-15(9-10-17(16)20)29(26,27)21-2/h5-12,21H,1-4H3,(H,22,24). The summed E-state index contributed by atoms with van der Waals surface area (Å²) in [5.74, 6) is -2.73. The first-order chi connectivity index (χ1) is 13.5. The lowest BCUT2D eigenvalue weighted by Gasteiger charge is -2.16. The number of nitrogens with one attached hydrogen (secondary N) is 2. The number of sulfonamides is 1. The maximum Gasteiger partial charge on any atom is 0.341 e. The maximum atomic E-state index is 14.0. The van der Waals surface area contributed by atoms with E-state index in [0.717, 1.165) is 23.9 Å². The molecular formula is C19H22FN3O5S. The number of hydrogen-bond acceptors (Lipinski definition) is 6. The van der Waals surface area contributed by atoms with Crippen molar-refractivity contribution in [3.8, 4) is 0 Å². The minimum atomic E-state index is -3.87. The van der Waals surface area contributed by atoms with Crippen LogP contribution in [0.5, 0.6) is 0 Å². The SMILES string of the molecule is CNS(=O)(=O)c1ccc(F)c(C(=O)OC(C)C(=O)Nc2ccc(N(C)C)cc2)c1. The summed E-state index contributed by atoms with van der Waals surface area (Å²) in [6.07, 6.45) is -1.24. The van der Waals surface area contributed by atoms with Gasteiger partial charge in [-0.2, -0.15) is 0 Å². The van der Waals surface area contributed by atoms with Crippen LogP contribution in [0.25, 0.3) is 0 Å². The summed E-state index contributed by atoms with van der Waals surface area (Å²) in [5.41, 5.74) is 0.849. The highest BCUT2D eigenvalue weighted by atomic mass is 32.2. The molecular weight excluding hydrogens is 401 g/mol. The number of esters is 1. The molecule has 0 aliphatic carbocycles. The number of nitrogens with zero attached hydrogens (tertiary/aromatic N) is 1. The second-order valence-corrected chi connectivity index (χ2v) is 8.21. The Morgan fingerprint density at radius 2 is 1.72 bits per heavy atom. The Morgan fingerprint density at radius 1 is 1.10 bits per heavy atom. The fourth-order valence-corrected chi connectivity index (χ4v) is 3.07. The molecule has 0 aliphatic rings. The van der Waals surface area contributed by atoms with Crippen LogP contribution in [0.3, 0.4) is 0 Å². The predicted molar refractivity (Wildman–Crippen MR) is 107 cm³/mol. The number of ether oxygens (including phenoxy) is 1. The van der Waals surface area contributed by atoms with Gasteiger partial charge in [-0.3, -0.25) is 4.79 Å². The summed E-state index contributed by atoms with van der Waals surface area (Å²) in [7, 11) is 1.08. The Balaban J connectivity index is 2.10. The van der Waals surface area contributed by atoms with E-state index in [1.807, 2.05) is 19.0 Å². The summed E-state index contributed by atoms with van der Waals surface area (Å²) < 4.78 is 44.7. The molecule has 8 nitrogen and oxygen atoms in total. The van der Waals surface area contributed by atoms with E-state index in [1.165, 1.54) is 14.0 Å². The maximum absolute atomic E-state index is 14.0. The van der Waals surface area contributed by atoms with Crippen molar-refractivity contribution in [3.05, 3.63) is 53.8 Å². The molecule has 156 valence electrons. The van der Waals surface area contributed by atoms with E-state index in [9.17, 15) is 22.4 Å². The Bertz CT molecular complexity index is 1010. The van der Waals surface area contributed by atoms with Gasteiger partial charge in [0.05, 0.1) is 10.5 Å². The molecule has 0 radical (unpaired) electrons. The molecule has 29 heavy (non-hydrogen) atoms. The van der Waals surface area contributed by atoms with Crippen LogP contribution in [0.1, 0.15) is 17.3 Å². The average molecular weight is 423 g/mol. The lowest BCUT2D eigenvalue weighted by molar-refractivity contribution is -0.123. The van der Waals surface area contributed by atoms with Crippen molar-refractivity contribution in [2.45, 2.75) is 17.9 Å². The highest BCUT2D eigenvalue weighted by Crippen LogP contribution is 2.18. The smallest absolute Gasteiger partial charge is 0.341 e. The van der Waals surface area contributed by atoms with Crippen LogP contribution in [-0.2, 0) is 19.6 Å².